The number of piperidine rings is 2. The molecule has 2 saturated carbocycles. The number of rotatable bonds is 6. The maximum absolute atomic E-state index is 12.2. The van der Waals surface area contributed by atoms with E-state index in [1.165, 1.54) is 44.6 Å². The van der Waals surface area contributed by atoms with Crippen LogP contribution in [0.3, 0.4) is 0 Å². The zero-order valence-corrected chi connectivity index (χ0v) is 37.1. The third kappa shape index (κ3) is 16.5. The van der Waals surface area contributed by atoms with Gasteiger partial charge in [-0.25, -0.2) is 9.59 Å². The van der Waals surface area contributed by atoms with E-state index in [9.17, 15) is 14.7 Å². The lowest BCUT2D eigenvalue weighted by molar-refractivity contribution is 0.0115. The summed E-state index contributed by atoms with van der Waals surface area (Å²) in [7, 11) is 0. The monoisotopic (exact) mass is 918 g/mol. The van der Waals surface area contributed by atoms with Gasteiger partial charge in [-0.1, -0.05) is 58.6 Å². The van der Waals surface area contributed by atoms with Crippen molar-refractivity contribution >= 4 is 58.0 Å². The van der Waals surface area contributed by atoms with Gasteiger partial charge < -0.3 is 38.6 Å². The van der Waals surface area contributed by atoms with Crippen LogP contribution in [-0.2, 0) is 9.47 Å². The molecule has 13 heteroatoms. The topological polar surface area (TPSA) is 107 Å². The molecule has 0 aromatic heterocycles. The van der Waals surface area contributed by atoms with Gasteiger partial charge in [0, 0.05) is 67.9 Å². The van der Waals surface area contributed by atoms with Crippen molar-refractivity contribution in [3.63, 3.8) is 0 Å². The Bertz CT molecular complexity index is 1510. The number of likely N-dealkylation sites (tertiary alicyclic amines) is 2. The normalized spacial score (nSPS) is 18.8. The number of halogens is 3. The summed E-state index contributed by atoms with van der Waals surface area (Å²) in [5.74, 6) is 2.05. The average molecular weight is 920 g/mol. The summed E-state index contributed by atoms with van der Waals surface area (Å²) in [6.45, 7) is 13.7. The molecule has 1 N–H and O–H groups in total. The van der Waals surface area contributed by atoms with Crippen molar-refractivity contribution < 1.29 is 38.4 Å². The van der Waals surface area contributed by atoms with E-state index in [0.29, 0.717) is 47.7 Å². The summed E-state index contributed by atoms with van der Waals surface area (Å²) in [6.07, 6.45) is 13.3. The highest BCUT2D eigenvalue weighted by molar-refractivity contribution is 14.1. The molecule has 0 spiro atoms. The number of hydrogen-bond donors (Lipinski definition) is 1. The molecular weight excluding hydrogens is 858 g/mol. The van der Waals surface area contributed by atoms with Crippen LogP contribution in [0.4, 0.5) is 9.59 Å². The summed E-state index contributed by atoms with van der Waals surface area (Å²) in [5, 5.41) is 10.5. The van der Waals surface area contributed by atoms with Crippen LogP contribution in [0.5, 0.6) is 23.0 Å². The molecule has 0 radical (unpaired) electrons. The first-order valence-electron chi connectivity index (χ1n) is 19.8. The van der Waals surface area contributed by atoms with Gasteiger partial charge in [0.05, 0.1) is 16.1 Å². The third-order valence-electron chi connectivity index (χ3n) is 9.49. The molecule has 0 bridgehead atoms. The second kappa shape index (κ2) is 21.3. The molecule has 0 atom stereocenters. The van der Waals surface area contributed by atoms with Crippen LogP contribution >= 0.6 is 45.8 Å². The van der Waals surface area contributed by atoms with Crippen molar-refractivity contribution in [1.82, 2.24) is 9.80 Å². The number of carbonyl (C=O) groups excluding carboxylic acids is 2. The third-order valence-corrected chi connectivity index (χ3v) is 11.4. The van der Waals surface area contributed by atoms with E-state index < -0.39 is 11.2 Å². The van der Waals surface area contributed by atoms with Crippen LogP contribution in [0.1, 0.15) is 119 Å². The Morgan fingerprint density at radius 2 is 1.02 bits per heavy atom. The molecule has 2 heterocycles. The van der Waals surface area contributed by atoms with Gasteiger partial charge in [0.25, 0.3) is 0 Å². The Morgan fingerprint density at radius 1 is 0.618 bits per heavy atom. The molecule has 2 aromatic carbocycles. The maximum Gasteiger partial charge on any atom is 0.410 e. The number of alkyl halides is 1. The molecular formula is C42H61Cl2IN2O8. The molecule has 10 nitrogen and oxygen atoms in total. The number of amides is 2. The number of ether oxygens (including phenoxy) is 5. The van der Waals surface area contributed by atoms with E-state index in [0.717, 1.165) is 48.2 Å². The second-order valence-electron chi connectivity index (χ2n) is 16.7. The van der Waals surface area contributed by atoms with Crippen LogP contribution in [0.25, 0.3) is 0 Å². The van der Waals surface area contributed by atoms with Gasteiger partial charge in [0.2, 0.25) is 0 Å². The van der Waals surface area contributed by atoms with Gasteiger partial charge in [-0.05, 0) is 104 Å². The minimum atomic E-state index is -0.481. The highest BCUT2D eigenvalue weighted by Crippen LogP contribution is 2.34. The van der Waals surface area contributed by atoms with E-state index >= 15 is 0 Å². The van der Waals surface area contributed by atoms with E-state index in [1.54, 1.807) is 21.9 Å². The van der Waals surface area contributed by atoms with Crippen LogP contribution in [0.2, 0.25) is 10.0 Å². The van der Waals surface area contributed by atoms with Crippen molar-refractivity contribution in [2.24, 2.45) is 0 Å². The lowest BCUT2D eigenvalue weighted by atomic mass is 10.1. The van der Waals surface area contributed by atoms with Crippen LogP contribution in [0, 0.1) is 0 Å². The van der Waals surface area contributed by atoms with Gasteiger partial charge >= 0.3 is 12.2 Å². The van der Waals surface area contributed by atoms with E-state index in [4.69, 9.17) is 46.9 Å². The van der Waals surface area contributed by atoms with Crippen molar-refractivity contribution in [1.29, 1.82) is 0 Å². The number of hydrogen-bond acceptors (Lipinski definition) is 8. The number of phenols is 1. The number of nitrogens with zero attached hydrogens (tertiary/aromatic N) is 2. The predicted molar refractivity (Wildman–Crippen MR) is 227 cm³/mol. The molecule has 2 aliphatic carbocycles. The highest BCUT2D eigenvalue weighted by atomic mass is 127. The van der Waals surface area contributed by atoms with E-state index in [2.05, 4.69) is 22.6 Å². The van der Waals surface area contributed by atoms with E-state index in [-0.39, 0.29) is 36.2 Å². The molecule has 308 valence electrons. The van der Waals surface area contributed by atoms with Gasteiger partial charge in [-0.2, -0.15) is 0 Å². The first kappa shape index (κ1) is 45.2. The smallest absolute Gasteiger partial charge is 0.410 e. The second-order valence-corrected chi connectivity index (χ2v) is 19.3. The fourth-order valence-electron chi connectivity index (χ4n) is 6.63. The van der Waals surface area contributed by atoms with Crippen molar-refractivity contribution in [3.8, 4) is 23.0 Å². The lowest BCUT2D eigenvalue weighted by Crippen LogP contribution is -2.44. The number of carbonyl (C=O) groups is 2. The minimum absolute atomic E-state index is 0.00496. The standard InChI is InChI=1S/C21H30ClNO4.C16H22ClNO4.C5H9I/c1-21(2,3)27-20(24)23-12-10-16(11-13-23)25-17-8-9-18(22)19(14-17)26-15-6-4-5-7-15;1-16(2,3)22-15(20)18-8-6-11(7-9-18)21-12-4-5-13(17)14(19)10-12;6-5-3-1-2-4-5/h8-9,14-16H,4-7,10-13H2,1-3H3;4-5,10-11,19H,6-9H2,1-3H3;5H,1-4H2. The first-order valence-corrected chi connectivity index (χ1v) is 21.8. The molecule has 2 aromatic rings. The molecule has 2 amide bonds. The molecule has 55 heavy (non-hydrogen) atoms. The van der Waals surface area contributed by atoms with Gasteiger partial charge in [0.15, 0.2) is 0 Å². The zero-order chi connectivity index (χ0) is 40.2. The SMILES string of the molecule is CC(C)(C)OC(=O)N1CCC(Oc2ccc(Cl)c(O)c2)CC1.CC(C)(C)OC(=O)N1CCC(Oc2ccc(Cl)c(OC3CCCC3)c2)CC1.IC1CCCC1. The lowest BCUT2D eigenvalue weighted by Gasteiger charge is -2.33. The Hall–Kier alpha value is -2.51. The largest absolute Gasteiger partial charge is 0.506 e. The highest BCUT2D eigenvalue weighted by Gasteiger charge is 2.29. The number of benzene rings is 2. The zero-order valence-electron chi connectivity index (χ0n) is 33.4. The summed E-state index contributed by atoms with van der Waals surface area (Å²) < 4.78 is 29.8. The Kier molecular flexibility index (Phi) is 17.5. The Labute approximate surface area is 351 Å². The van der Waals surface area contributed by atoms with Crippen molar-refractivity contribution in [3.05, 3.63) is 46.4 Å². The quantitative estimate of drug-likeness (QED) is 0.226. The van der Waals surface area contributed by atoms with Gasteiger partial charge in [0.1, 0.15) is 46.4 Å². The van der Waals surface area contributed by atoms with Crippen molar-refractivity contribution in [2.45, 2.75) is 152 Å². The predicted octanol–water partition coefficient (Wildman–Crippen LogP) is 11.6. The summed E-state index contributed by atoms with van der Waals surface area (Å²) in [6, 6.07) is 10.4. The van der Waals surface area contributed by atoms with Crippen LogP contribution < -0.4 is 14.2 Å². The summed E-state index contributed by atoms with van der Waals surface area (Å²) in [4.78, 5) is 27.6. The molecule has 4 aliphatic rings. The molecule has 0 unspecified atom stereocenters. The molecule has 2 saturated heterocycles. The number of phenolic OH excluding ortho intramolecular Hbond substituents is 1. The molecule has 6 rings (SSSR count). The Morgan fingerprint density at radius 3 is 1.42 bits per heavy atom. The number of aromatic hydroxyl groups is 1. The average Bonchev–Trinajstić information content (AvgIpc) is 3.82. The molecule has 4 fully saturated rings. The van der Waals surface area contributed by atoms with Gasteiger partial charge in [-0.15, -0.1) is 0 Å². The first-order chi connectivity index (χ1) is 25.9. The van der Waals surface area contributed by atoms with E-state index in [1.807, 2.05) is 59.7 Å². The fourth-order valence-corrected chi connectivity index (χ4v) is 7.79. The van der Waals surface area contributed by atoms with Gasteiger partial charge in [-0.3, -0.25) is 0 Å². The summed E-state index contributed by atoms with van der Waals surface area (Å²) >= 11 is 14.6. The van der Waals surface area contributed by atoms with Crippen LogP contribution in [0.15, 0.2) is 36.4 Å². The minimum Gasteiger partial charge on any atom is -0.506 e. The fraction of sp³-hybridized carbons (Fsp3) is 0.667. The summed E-state index contributed by atoms with van der Waals surface area (Å²) in [5.41, 5.74) is -0.950. The Balaban J connectivity index is 0.000000215. The molecule has 2 aliphatic heterocycles. The maximum atomic E-state index is 12.2. The van der Waals surface area contributed by atoms with Crippen LogP contribution in [-0.4, -0.2) is 86.7 Å². The van der Waals surface area contributed by atoms with Crippen molar-refractivity contribution in [2.75, 3.05) is 26.2 Å².